The zero-order valence-corrected chi connectivity index (χ0v) is 18.7. The van der Waals surface area contributed by atoms with Crippen LogP contribution in [0.15, 0.2) is 36.7 Å². The number of benzene rings is 1. The molecule has 9 heteroatoms. The highest BCUT2D eigenvalue weighted by molar-refractivity contribution is 5.94. The number of halogens is 2. The maximum atomic E-state index is 15.1. The SMILES string of the molecule is C=C(F)[C@@]12CNc3nnc(-c4cccc(F)c4O)cc3N1CC(=[N+](CC)C1CCNCC1)C2. The maximum Gasteiger partial charge on any atom is 0.174 e. The van der Waals surface area contributed by atoms with Crippen LogP contribution in [0.4, 0.5) is 20.3 Å². The topological polar surface area (TPSA) is 76.3 Å². The fourth-order valence-electron chi connectivity index (χ4n) is 5.48. The van der Waals surface area contributed by atoms with E-state index in [2.05, 4.69) is 38.9 Å². The summed E-state index contributed by atoms with van der Waals surface area (Å²) >= 11 is 0. The number of phenolic OH excluding ortho intramolecular Hbond substituents is 1. The number of hydrogen-bond donors (Lipinski definition) is 3. The molecule has 0 aliphatic carbocycles. The smallest absolute Gasteiger partial charge is 0.174 e. The van der Waals surface area contributed by atoms with Crippen LogP contribution < -0.4 is 15.5 Å². The first-order valence-electron chi connectivity index (χ1n) is 11.5. The molecule has 0 unspecified atom stereocenters. The van der Waals surface area contributed by atoms with E-state index < -0.39 is 22.9 Å². The number of fused-ring (bicyclic) bond motifs is 3. The summed E-state index contributed by atoms with van der Waals surface area (Å²) in [5.74, 6) is -1.07. The molecule has 2 saturated heterocycles. The number of nitrogens with zero attached hydrogens (tertiary/aromatic N) is 4. The molecule has 0 bridgehead atoms. The molecule has 3 aliphatic heterocycles. The monoisotopic (exact) mass is 455 g/mol. The van der Waals surface area contributed by atoms with Crippen molar-refractivity contribution in [3.63, 3.8) is 0 Å². The van der Waals surface area contributed by atoms with Crippen molar-refractivity contribution in [1.82, 2.24) is 15.5 Å². The number of anilines is 2. The predicted octanol–water partition coefficient (Wildman–Crippen LogP) is 3.07. The molecule has 2 aromatic rings. The van der Waals surface area contributed by atoms with Crippen molar-refractivity contribution in [3.05, 3.63) is 42.5 Å². The zero-order valence-electron chi connectivity index (χ0n) is 18.7. The highest BCUT2D eigenvalue weighted by Gasteiger charge is 2.53. The minimum atomic E-state index is -0.924. The van der Waals surface area contributed by atoms with Gasteiger partial charge in [-0.15, -0.1) is 10.2 Å². The van der Waals surface area contributed by atoms with Crippen LogP contribution in [0.2, 0.25) is 0 Å². The van der Waals surface area contributed by atoms with Gasteiger partial charge < -0.3 is 20.6 Å². The van der Waals surface area contributed by atoms with Crippen molar-refractivity contribution < 1.29 is 18.5 Å². The van der Waals surface area contributed by atoms with Crippen LogP contribution in [0.3, 0.4) is 0 Å². The van der Waals surface area contributed by atoms with Gasteiger partial charge in [0.25, 0.3) is 0 Å². The molecular formula is C24H29F2N6O+. The first-order valence-corrected chi connectivity index (χ1v) is 11.5. The number of para-hydroxylation sites is 1. The Hall–Kier alpha value is -3.07. The first-order chi connectivity index (χ1) is 15.9. The summed E-state index contributed by atoms with van der Waals surface area (Å²) in [7, 11) is 0. The summed E-state index contributed by atoms with van der Waals surface area (Å²) < 4.78 is 31.5. The molecule has 4 heterocycles. The Morgan fingerprint density at radius 1 is 1.33 bits per heavy atom. The molecule has 7 nitrogen and oxygen atoms in total. The van der Waals surface area contributed by atoms with Crippen LogP contribution in [0.5, 0.6) is 5.75 Å². The Morgan fingerprint density at radius 2 is 2.12 bits per heavy atom. The Labute approximate surface area is 191 Å². The summed E-state index contributed by atoms with van der Waals surface area (Å²) in [5, 5.41) is 25.3. The fraction of sp³-hybridized carbons (Fsp3) is 0.458. The summed E-state index contributed by atoms with van der Waals surface area (Å²) in [6, 6.07) is 6.46. The van der Waals surface area contributed by atoms with Gasteiger partial charge in [-0.2, -0.15) is 0 Å². The zero-order chi connectivity index (χ0) is 23.2. The van der Waals surface area contributed by atoms with Crippen LogP contribution >= 0.6 is 0 Å². The standard InChI is InChI=1S/C24H28F2N6O/c1-3-31(16-7-9-27-10-8-16)17-12-24(15(2)25)14-28-23-21(32(24)13-17)11-20(29-30-23)18-5-4-6-19(26)22(18)33/h4-6,11,16,27H,2-3,7-10,12-14H2,1H3,(H-,28,29,30,33)/p+1/t24-/m1/s1. The predicted molar refractivity (Wildman–Crippen MR) is 124 cm³/mol. The quantitative estimate of drug-likeness (QED) is 0.616. The van der Waals surface area contributed by atoms with E-state index in [1.165, 1.54) is 17.8 Å². The number of rotatable bonds is 4. The third-order valence-electron chi connectivity index (χ3n) is 7.23. The normalized spacial score (nSPS) is 24.2. The molecule has 0 amide bonds. The first kappa shape index (κ1) is 21.8. The molecule has 0 radical (unpaired) electrons. The van der Waals surface area contributed by atoms with Crippen LogP contribution in [0.1, 0.15) is 26.2 Å². The molecular weight excluding hydrogens is 426 g/mol. The lowest BCUT2D eigenvalue weighted by Crippen LogP contribution is -2.53. The Bertz CT molecular complexity index is 1130. The van der Waals surface area contributed by atoms with E-state index in [9.17, 15) is 9.50 Å². The van der Waals surface area contributed by atoms with Crippen LogP contribution in [0.25, 0.3) is 11.3 Å². The van der Waals surface area contributed by atoms with Gasteiger partial charge in [0.1, 0.15) is 17.9 Å². The molecule has 5 rings (SSSR count). The molecule has 1 atom stereocenters. The van der Waals surface area contributed by atoms with Crippen molar-refractivity contribution in [2.75, 3.05) is 42.9 Å². The van der Waals surface area contributed by atoms with Crippen LogP contribution in [-0.2, 0) is 0 Å². The number of aromatic hydroxyl groups is 1. The fourth-order valence-corrected chi connectivity index (χ4v) is 5.48. The van der Waals surface area contributed by atoms with Gasteiger partial charge in [0.2, 0.25) is 0 Å². The van der Waals surface area contributed by atoms with E-state index >= 15 is 4.39 Å². The van der Waals surface area contributed by atoms with Crippen LogP contribution in [0, 0.1) is 5.82 Å². The molecule has 0 saturated carbocycles. The summed E-state index contributed by atoms with van der Waals surface area (Å²) in [5.41, 5.74) is 1.50. The van der Waals surface area contributed by atoms with Gasteiger partial charge in [-0.1, -0.05) is 12.6 Å². The van der Waals surface area contributed by atoms with Crippen molar-refractivity contribution in [2.24, 2.45) is 0 Å². The van der Waals surface area contributed by atoms with E-state index in [0.717, 1.165) is 32.5 Å². The van der Waals surface area contributed by atoms with Gasteiger partial charge in [-0.25, -0.2) is 13.4 Å². The second-order valence-electron chi connectivity index (χ2n) is 8.99. The highest BCUT2D eigenvalue weighted by Crippen LogP contribution is 2.45. The Morgan fingerprint density at radius 3 is 2.85 bits per heavy atom. The lowest BCUT2D eigenvalue weighted by atomic mass is 9.91. The summed E-state index contributed by atoms with van der Waals surface area (Å²) in [4.78, 5) is 2.01. The number of phenols is 1. The summed E-state index contributed by atoms with van der Waals surface area (Å²) in [6.45, 7) is 9.57. The van der Waals surface area contributed by atoms with Crippen molar-refractivity contribution in [2.45, 2.75) is 37.8 Å². The van der Waals surface area contributed by atoms with Gasteiger partial charge in [-0.05, 0) is 25.1 Å². The number of aromatic nitrogens is 2. The van der Waals surface area contributed by atoms with E-state index in [1.54, 1.807) is 12.1 Å². The Kier molecular flexibility index (Phi) is 5.52. The number of piperidine rings is 1. The van der Waals surface area contributed by atoms with Gasteiger partial charge in [-0.3, -0.25) is 0 Å². The lowest BCUT2D eigenvalue weighted by Gasteiger charge is -2.42. The minimum absolute atomic E-state index is 0.244. The van der Waals surface area contributed by atoms with E-state index in [4.69, 9.17) is 0 Å². The molecule has 1 aromatic carbocycles. The van der Waals surface area contributed by atoms with Gasteiger partial charge in [0.15, 0.2) is 29.1 Å². The van der Waals surface area contributed by atoms with Gasteiger partial charge >= 0.3 is 0 Å². The Balaban J connectivity index is 1.59. The molecule has 33 heavy (non-hydrogen) atoms. The summed E-state index contributed by atoms with van der Waals surface area (Å²) in [6.07, 6.45) is 2.66. The van der Waals surface area contributed by atoms with E-state index in [1.807, 2.05) is 4.90 Å². The van der Waals surface area contributed by atoms with Crippen molar-refractivity contribution in [1.29, 1.82) is 0 Å². The number of hydrogen-bond acceptors (Lipinski definition) is 6. The maximum absolute atomic E-state index is 15.1. The molecule has 1 aromatic heterocycles. The third kappa shape index (κ3) is 3.55. The van der Waals surface area contributed by atoms with E-state index in [-0.39, 0.29) is 5.56 Å². The van der Waals surface area contributed by atoms with Crippen molar-refractivity contribution >= 4 is 17.2 Å². The van der Waals surface area contributed by atoms with Gasteiger partial charge in [0, 0.05) is 38.0 Å². The molecule has 174 valence electrons. The lowest BCUT2D eigenvalue weighted by molar-refractivity contribution is -0.567. The largest absolute Gasteiger partial charge is 0.504 e. The molecule has 3 aliphatic rings. The molecule has 3 N–H and O–H groups in total. The minimum Gasteiger partial charge on any atom is -0.504 e. The van der Waals surface area contributed by atoms with Gasteiger partial charge in [0.05, 0.1) is 24.3 Å². The van der Waals surface area contributed by atoms with E-state index in [0.29, 0.717) is 42.8 Å². The number of nitrogens with one attached hydrogen (secondary N) is 2. The van der Waals surface area contributed by atoms with Crippen molar-refractivity contribution in [3.8, 4) is 17.0 Å². The second kappa shape index (κ2) is 8.37. The van der Waals surface area contributed by atoms with Crippen LogP contribution in [-0.4, -0.2) is 69.9 Å². The third-order valence-corrected chi connectivity index (χ3v) is 7.23. The average molecular weight is 456 g/mol. The molecule has 0 spiro atoms. The average Bonchev–Trinajstić information content (AvgIpc) is 3.23. The highest BCUT2D eigenvalue weighted by atomic mass is 19.1. The second-order valence-corrected chi connectivity index (χ2v) is 8.99. The molecule has 2 fully saturated rings.